The molecule has 0 aliphatic carbocycles. The van der Waals surface area contributed by atoms with Crippen molar-refractivity contribution < 1.29 is 8.78 Å². The van der Waals surface area contributed by atoms with Crippen molar-refractivity contribution in [1.29, 1.82) is 0 Å². The first kappa shape index (κ1) is 19.8. The zero-order chi connectivity index (χ0) is 20.1. The zero-order valence-corrected chi connectivity index (χ0v) is 16.1. The van der Waals surface area contributed by atoms with Gasteiger partial charge in [-0.25, -0.2) is 13.8 Å². The van der Waals surface area contributed by atoms with Crippen LogP contribution in [0.4, 0.5) is 14.5 Å². The maximum absolute atomic E-state index is 14.0. The largest absolute Gasteiger partial charge is 0.367 e. The Kier molecular flexibility index (Phi) is 6.23. The standard InChI is InChI=1S/C19H25F2N7/c1-4-8-22-19(23-11-18-26-25-13(2)27(18)3)24-15-7-9-28(12-15)17-6-5-14(20)10-16(17)21/h4-6,10,15H,1,7-9,11-12H2,2-3H3,(H2,22,23,24). The number of nitrogens with one attached hydrogen (secondary N) is 2. The van der Waals surface area contributed by atoms with E-state index >= 15 is 0 Å². The van der Waals surface area contributed by atoms with Crippen LogP contribution in [0.3, 0.4) is 0 Å². The van der Waals surface area contributed by atoms with Gasteiger partial charge in [-0.3, -0.25) is 0 Å². The average Bonchev–Trinajstić information content (AvgIpc) is 3.25. The number of benzene rings is 1. The SMILES string of the molecule is C=CCNC(=NCc1nnc(C)n1C)NC1CCN(c2ccc(F)cc2F)C1. The minimum absolute atomic E-state index is 0.0850. The molecule has 2 heterocycles. The molecule has 0 radical (unpaired) electrons. The van der Waals surface area contributed by atoms with E-state index in [1.54, 1.807) is 6.08 Å². The van der Waals surface area contributed by atoms with Gasteiger partial charge in [0.1, 0.15) is 24.0 Å². The van der Waals surface area contributed by atoms with E-state index in [-0.39, 0.29) is 6.04 Å². The van der Waals surface area contributed by atoms with Crippen molar-refractivity contribution in [2.45, 2.75) is 25.9 Å². The van der Waals surface area contributed by atoms with Crippen molar-refractivity contribution >= 4 is 11.6 Å². The van der Waals surface area contributed by atoms with Gasteiger partial charge in [-0.2, -0.15) is 0 Å². The number of guanidine groups is 1. The van der Waals surface area contributed by atoms with Gasteiger partial charge in [0.05, 0.1) is 5.69 Å². The Hall–Kier alpha value is -2.97. The summed E-state index contributed by atoms with van der Waals surface area (Å²) in [6.45, 7) is 7.82. The number of aromatic nitrogens is 3. The van der Waals surface area contributed by atoms with Crippen LogP contribution in [0.25, 0.3) is 0 Å². The molecule has 9 heteroatoms. The molecule has 0 bridgehead atoms. The van der Waals surface area contributed by atoms with Gasteiger partial charge in [0.2, 0.25) is 0 Å². The highest BCUT2D eigenvalue weighted by atomic mass is 19.1. The lowest BCUT2D eigenvalue weighted by atomic mass is 10.2. The van der Waals surface area contributed by atoms with Gasteiger partial charge in [0.15, 0.2) is 11.8 Å². The summed E-state index contributed by atoms with van der Waals surface area (Å²) in [6, 6.07) is 3.76. The van der Waals surface area contributed by atoms with Crippen LogP contribution >= 0.6 is 0 Å². The van der Waals surface area contributed by atoms with E-state index in [0.29, 0.717) is 37.8 Å². The lowest BCUT2D eigenvalue weighted by molar-refractivity contribution is 0.580. The third-order valence-corrected chi connectivity index (χ3v) is 4.75. The molecule has 3 rings (SSSR count). The van der Waals surface area contributed by atoms with Crippen molar-refractivity contribution in [2.24, 2.45) is 12.0 Å². The van der Waals surface area contributed by atoms with Crippen molar-refractivity contribution in [2.75, 3.05) is 24.5 Å². The van der Waals surface area contributed by atoms with Crippen LogP contribution < -0.4 is 15.5 Å². The highest BCUT2D eigenvalue weighted by molar-refractivity contribution is 5.80. The van der Waals surface area contributed by atoms with Crippen LogP contribution in [-0.2, 0) is 13.6 Å². The fourth-order valence-corrected chi connectivity index (χ4v) is 3.09. The summed E-state index contributed by atoms with van der Waals surface area (Å²) in [5.41, 5.74) is 0.415. The van der Waals surface area contributed by atoms with Crippen molar-refractivity contribution in [1.82, 2.24) is 25.4 Å². The molecular formula is C19H25F2N7. The van der Waals surface area contributed by atoms with E-state index in [1.165, 1.54) is 12.1 Å². The summed E-state index contributed by atoms with van der Waals surface area (Å²) >= 11 is 0. The molecule has 0 amide bonds. The Morgan fingerprint density at radius 1 is 1.39 bits per heavy atom. The molecular weight excluding hydrogens is 364 g/mol. The van der Waals surface area contributed by atoms with Gasteiger partial charge in [-0.1, -0.05) is 6.08 Å². The number of hydrogen-bond acceptors (Lipinski definition) is 4. The molecule has 0 spiro atoms. The second-order valence-electron chi connectivity index (χ2n) is 6.73. The maximum Gasteiger partial charge on any atom is 0.192 e. The minimum atomic E-state index is -0.572. The van der Waals surface area contributed by atoms with Crippen LogP contribution in [0.1, 0.15) is 18.1 Å². The molecule has 2 aromatic rings. The summed E-state index contributed by atoms with van der Waals surface area (Å²) in [7, 11) is 1.90. The van der Waals surface area contributed by atoms with Crippen LogP contribution in [0.2, 0.25) is 0 Å². The lowest BCUT2D eigenvalue weighted by Gasteiger charge is -2.21. The third kappa shape index (κ3) is 4.65. The van der Waals surface area contributed by atoms with E-state index < -0.39 is 11.6 Å². The summed E-state index contributed by atoms with van der Waals surface area (Å²) in [4.78, 5) is 6.48. The average molecular weight is 389 g/mol. The molecule has 150 valence electrons. The highest BCUT2D eigenvalue weighted by Gasteiger charge is 2.25. The lowest BCUT2D eigenvalue weighted by Crippen LogP contribution is -2.44. The van der Waals surface area contributed by atoms with Gasteiger partial charge >= 0.3 is 0 Å². The number of aryl methyl sites for hydroxylation is 1. The molecule has 0 saturated carbocycles. The predicted octanol–water partition coefficient (Wildman–Crippen LogP) is 1.90. The van der Waals surface area contributed by atoms with E-state index in [1.807, 2.05) is 23.4 Å². The molecule has 1 saturated heterocycles. The van der Waals surface area contributed by atoms with Crippen molar-refractivity contribution in [3.63, 3.8) is 0 Å². The number of rotatable bonds is 6. The zero-order valence-electron chi connectivity index (χ0n) is 16.1. The maximum atomic E-state index is 14.0. The molecule has 1 aromatic carbocycles. The quantitative estimate of drug-likeness (QED) is 0.449. The molecule has 1 aliphatic heterocycles. The van der Waals surface area contributed by atoms with Crippen LogP contribution in [0.5, 0.6) is 0 Å². The first-order chi connectivity index (χ1) is 13.5. The smallest absolute Gasteiger partial charge is 0.192 e. The molecule has 1 aliphatic rings. The molecule has 2 N–H and O–H groups in total. The third-order valence-electron chi connectivity index (χ3n) is 4.75. The number of hydrogen-bond donors (Lipinski definition) is 2. The summed E-state index contributed by atoms with van der Waals surface area (Å²) in [5.74, 6) is 1.10. The Morgan fingerprint density at radius 3 is 2.89 bits per heavy atom. The number of nitrogens with zero attached hydrogens (tertiary/aromatic N) is 5. The fraction of sp³-hybridized carbons (Fsp3) is 0.421. The van der Waals surface area contributed by atoms with Gasteiger partial charge < -0.3 is 20.1 Å². The van der Waals surface area contributed by atoms with Gasteiger partial charge in [-0.15, -0.1) is 16.8 Å². The molecule has 1 fully saturated rings. The molecule has 28 heavy (non-hydrogen) atoms. The van der Waals surface area contributed by atoms with Gasteiger partial charge in [0, 0.05) is 38.8 Å². The van der Waals surface area contributed by atoms with Crippen LogP contribution in [-0.4, -0.2) is 46.4 Å². The molecule has 1 aromatic heterocycles. The number of halogens is 2. The Balaban J connectivity index is 1.65. The second-order valence-corrected chi connectivity index (χ2v) is 6.73. The van der Waals surface area contributed by atoms with Crippen molar-refractivity contribution in [3.05, 3.63) is 54.1 Å². The highest BCUT2D eigenvalue weighted by Crippen LogP contribution is 2.24. The second kappa shape index (κ2) is 8.81. The first-order valence-corrected chi connectivity index (χ1v) is 9.18. The monoisotopic (exact) mass is 389 g/mol. The van der Waals surface area contributed by atoms with E-state index in [2.05, 4.69) is 32.4 Å². The summed E-state index contributed by atoms with van der Waals surface area (Å²) in [5, 5.41) is 14.7. The van der Waals surface area contributed by atoms with E-state index in [9.17, 15) is 8.78 Å². The molecule has 1 unspecified atom stereocenters. The summed E-state index contributed by atoms with van der Waals surface area (Å²) in [6.07, 6.45) is 2.56. The normalized spacial score (nSPS) is 17.1. The molecule has 1 atom stereocenters. The van der Waals surface area contributed by atoms with Gasteiger partial charge in [-0.05, 0) is 25.5 Å². The van der Waals surface area contributed by atoms with E-state index in [4.69, 9.17) is 0 Å². The number of aliphatic imine (C=N–C) groups is 1. The Morgan fingerprint density at radius 2 is 2.21 bits per heavy atom. The predicted molar refractivity (Wildman–Crippen MR) is 105 cm³/mol. The Bertz CT molecular complexity index is 862. The first-order valence-electron chi connectivity index (χ1n) is 9.18. The summed E-state index contributed by atoms with van der Waals surface area (Å²) < 4.78 is 29.1. The number of anilines is 1. The van der Waals surface area contributed by atoms with Crippen LogP contribution in [0.15, 0.2) is 35.8 Å². The van der Waals surface area contributed by atoms with Gasteiger partial charge in [0.25, 0.3) is 0 Å². The fourth-order valence-electron chi connectivity index (χ4n) is 3.09. The topological polar surface area (TPSA) is 70.4 Å². The van der Waals surface area contributed by atoms with Crippen LogP contribution in [0, 0.1) is 18.6 Å². The minimum Gasteiger partial charge on any atom is -0.367 e. The molecule has 7 nitrogen and oxygen atoms in total. The van der Waals surface area contributed by atoms with E-state index in [0.717, 1.165) is 24.1 Å². The van der Waals surface area contributed by atoms with Crippen molar-refractivity contribution in [3.8, 4) is 0 Å². The Labute approximate surface area is 163 Å².